The minimum absolute atomic E-state index is 0.0163. The van der Waals surface area contributed by atoms with Gasteiger partial charge in [0.1, 0.15) is 0 Å². The van der Waals surface area contributed by atoms with Crippen LogP contribution in [0, 0.1) is 0 Å². The van der Waals surface area contributed by atoms with Gasteiger partial charge in [-0.2, -0.15) is 0 Å². The van der Waals surface area contributed by atoms with E-state index in [-0.39, 0.29) is 23.9 Å². The molecule has 5 nitrogen and oxygen atoms in total. The summed E-state index contributed by atoms with van der Waals surface area (Å²) in [6, 6.07) is -0.0666. The molecular formula is C9H15N3O2. The smallest absolute Gasteiger partial charge is 0.237 e. The van der Waals surface area contributed by atoms with Crippen molar-refractivity contribution in [3.8, 4) is 0 Å². The Bertz CT molecular complexity index is 248. The fourth-order valence-electron chi connectivity index (χ4n) is 1.92. The second-order valence-electron chi connectivity index (χ2n) is 3.86. The summed E-state index contributed by atoms with van der Waals surface area (Å²) in [5.41, 5.74) is 0. The second kappa shape index (κ2) is 3.96. The first-order chi connectivity index (χ1) is 6.75. The van der Waals surface area contributed by atoms with Crippen LogP contribution in [0.3, 0.4) is 0 Å². The molecule has 2 saturated heterocycles. The summed E-state index contributed by atoms with van der Waals surface area (Å²) in [5, 5.41) is 8.68. The molecule has 2 amide bonds. The van der Waals surface area contributed by atoms with Gasteiger partial charge in [0.2, 0.25) is 11.8 Å². The summed E-state index contributed by atoms with van der Waals surface area (Å²) in [7, 11) is 0. The highest BCUT2D eigenvalue weighted by molar-refractivity contribution is 5.84. The van der Waals surface area contributed by atoms with Gasteiger partial charge in [-0.05, 0) is 19.4 Å². The lowest BCUT2D eigenvalue weighted by molar-refractivity contribution is -0.123. The molecule has 2 heterocycles. The van der Waals surface area contributed by atoms with E-state index in [1.807, 2.05) is 0 Å². The van der Waals surface area contributed by atoms with E-state index in [1.54, 1.807) is 0 Å². The molecular weight excluding hydrogens is 182 g/mol. The zero-order valence-corrected chi connectivity index (χ0v) is 8.01. The van der Waals surface area contributed by atoms with E-state index in [0.29, 0.717) is 13.0 Å². The van der Waals surface area contributed by atoms with Gasteiger partial charge < -0.3 is 16.0 Å². The summed E-state index contributed by atoms with van der Waals surface area (Å²) < 4.78 is 0. The average molecular weight is 197 g/mol. The molecule has 2 rings (SSSR count). The SMILES string of the molecule is O=C1CC(NC(=O)[C@@H]2CCCN2)CN1. The first-order valence-corrected chi connectivity index (χ1v) is 5.06. The maximum atomic E-state index is 11.6. The van der Waals surface area contributed by atoms with Crippen molar-refractivity contribution in [1.29, 1.82) is 0 Å². The van der Waals surface area contributed by atoms with Crippen LogP contribution in [0.25, 0.3) is 0 Å². The van der Waals surface area contributed by atoms with Crippen LogP contribution in [-0.2, 0) is 9.59 Å². The fraction of sp³-hybridized carbons (Fsp3) is 0.778. The van der Waals surface area contributed by atoms with E-state index >= 15 is 0 Å². The highest BCUT2D eigenvalue weighted by Crippen LogP contribution is 2.06. The van der Waals surface area contributed by atoms with Crippen LogP contribution in [0.15, 0.2) is 0 Å². The Morgan fingerprint density at radius 3 is 2.93 bits per heavy atom. The molecule has 0 bridgehead atoms. The maximum Gasteiger partial charge on any atom is 0.237 e. The van der Waals surface area contributed by atoms with Crippen molar-refractivity contribution in [3.63, 3.8) is 0 Å². The topological polar surface area (TPSA) is 70.2 Å². The molecule has 0 aromatic heterocycles. The van der Waals surface area contributed by atoms with Crippen molar-refractivity contribution in [2.24, 2.45) is 0 Å². The number of nitrogens with one attached hydrogen (secondary N) is 3. The van der Waals surface area contributed by atoms with Crippen molar-refractivity contribution in [3.05, 3.63) is 0 Å². The summed E-state index contributed by atoms with van der Waals surface area (Å²) >= 11 is 0. The molecule has 5 heteroatoms. The molecule has 0 aromatic carbocycles. The quantitative estimate of drug-likeness (QED) is 0.517. The predicted molar refractivity (Wildman–Crippen MR) is 50.6 cm³/mol. The predicted octanol–water partition coefficient (Wildman–Crippen LogP) is -1.26. The van der Waals surface area contributed by atoms with Crippen LogP contribution in [0.5, 0.6) is 0 Å². The van der Waals surface area contributed by atoms with Crippen molar-refractivity contribution in [2.75, 3.05) is 13.1 Å². The third-order valence-corrected chi connectivity index (χ3v) is 2.70. The third kappa shape index (κ3) is 2.04. The Morgan fingerprint density at radius 1 is 1.50 bits per heavy atom. The van der Waals surface area contributed by atoms with Gasteiger partial charge in [0, 0.05) is 13.0 Å². The summed E-state index contributed by atoms with van der Waals surface area (Å²) in [6.07, 6.45) is 2.37. The largest absolute Gasteiger partial charge is 0.354 e. The van der Waals surface area contributed by atoms with Gasteiger partial charge >= 0.3 is 0 Å². The molecule has 14 heavy (non-hydrogen) atoms. The molecule has 3 N–H and O–H groups in total. The first kappa shape index (κ1) is 9.45. The van der Waals surface area contributed by atoms with Crippen molar-refractivity contribution in [1.82, 2.24) is 16.0 Å². The van der Waals surface area contributed by atoms with Crippen LogP contribution in [0.1, 0.15) is 19.3 Å². The Kier molecular flexibility index (Phi) is 2.67. The van der Waals surface area contributed by atoms with Crippen molar-refractivity contribution in [2.45, 2.75) is 31.3 Å². The highest BCUT2D eigenvalue weighted by Gasteiger charge is 2.27. The molecule has 0 aromatic rings. The minimum atomic E-state index is -0.0503. The zero-order chi connectivity index (χ0) is 9.97. The molecule has 0 radical (unpaired) electrons. The van der Waals surface area contributed by atoms with Gasteiger partial charge in [0.05, 0.1) is 12.1 Å². The van der Waals surface area contributed by atoms with Gasteiger partial charge in [-0.25, -0.2) is 0 Å². The lowest BCUT2D eigenvalue weighted by Crippen LogP contribution is -2.45. The number of carbonyl (C=O) groups excluding carboxylic acids is 2. The lowest BCUT2D eigenvalue weighted by Gasteiger charge is -2.14. The Morgan fingerprint density at radius 2 is 2.36 bits per heavy atom. The fourth-order valence-corrected chi connectivity index (χ4v) is 1.92. The van der Waals surface area contributed by atoms with Gasteiger partial charge in [-0.3, -0.25) is 9.59 Å². The van der Waals surface area contributed by atoms with E-state index in [0.717, 1.165) is 19.4 Å². The Balaban J connectivity index is 1.79. The summed E-state index contributed by atoms with van der Waals surface area (Å²) in [4.78, 5) is 22.5. The second-order valence-corrected chi connectivity index (χ2v) is 3.86. The summed E-state index contributed by atoms with van der Waals surface area (Å²) in [6.45, 7) is 1.48. The van der Waals surface area contributed by atoms with E-state index in [2.05, 4.69) is 16.0 Å². The number of rotatable bonds is 2. The average Bonchev–Trinajstić information content (AvgIpc) is 2.75. The third-order valence-electron chi connectivity index (χ3n) is 2.70. The normalized spacial score (nSPS) is 31.6. The van der Waals surface area contributed by atoms with Crippen LogP contribution in [0.4, 0.5) is 0 Å². The van der Waals surface area contributed by atoms with Gasteiger partial charge in [-0.15, -0.1) is 0 Å². The number of hydrogen-bond donors (Lipinski definition) is 3. The molecule has 1 unspecified atom stereocenters. The van der Waals surface area contributed by atoms with Crippen LogP contribution < -0.4 is 16.0 Å². The van der Waals surface area contributed by atoms with Gasteiger partial charge in [-0.1, -0.05) is 0 Å². The molecule has 0 spiro atoms. The van der Waals surface area contributed by atoms with E-state index in [9.17, 15) is 9.59 Å². The highest BCUT2D eigenvalue weighted by atomic mass is 16.2. The standard InChI is InChI=1S/C9H15N3O2/c13-8-4-6(5-11-8)12-9(14)7-2-1-3-10-7/h6-7,10H,1-5H2,(H,11,13)(H,12,14)/t6?,7-/m0/s1. The van der Waals surface area contributed by atoms with E-state index in [4.69, 9.17) is 0 Å². The van der Waals surface area contributed by atoms with Crippen LogP contribution in [0.2, 0.25) is 0 Å². The van der Waals surface area contributed by atoms with Crippen molar-refractivity contribution >= 4 is 11.8 Å². The molecule has 2 atom stereocenters. The number of carbonyl (C=O) groups is 2. The number of hydrogen-bond acceptors (Lipinski definition) is 3. The van der Waals surface area contributed by atoms with Crippen molar-refractivity contribution < 1.29 is 9.59 Å². The molecule has 0 saturated carbocycles. The van der Waals surface area contributed by atoms with E-state index in [1.165, 1.54) is 0 Å². The van der Waals surface area contributed by atoms with E-state index < -0.39 is 0 Å². The molecule has 2 aliphatic heterocycles. The first-order valence-electron chi connectivity index (χ1n) is 5.06. The zero-order valence-electron chi connectivity index (χ0n) is 8.01. The van der Waals surface area contributed by atoms with Gasteiger partial charge in [0.25, 0.3) is 0 Å². The Hall–Kier alpha value is -1.10. The maximum absolute atomic E-state index is 11.6. The molecule has 78 valence electrons. The molecule has 2 aliphatic rings. The van der Waals surface area contributed by atoms with Crippen LogP contribution >= 0.6 is 0 Å². The Labute approximate surface area is 82.6 Å². The molecule has 2 fully saturated rings. The minimum Gasteiger partial charge on any atom is -0.354 e. The monoisotopic (exact) mass is 197 g/mol. The number of amides is 2. The van der Waals surface area contributed by atoms with Crippen LogP contribution in [-0.4, -0.2) is 37.0 Å². The van der Waals surface area contributed by atoms with Gasteiger partial charge in [0.15, 0.2) is 0 Å². The molecule has 0 aliphatic carbocycles. The summed E-state index contributed by atoms with van der Waals surface area (Å²) in [5.74, 6) is 0.0543. The lowest BCUT2D eigenvalue weighted by atomic mass is 10.2.